The van der Waals surface area contributed by atoms with Gasteiger partial charge in [-0.05, 0) is 39.3 Å². The number of carbonyl (C=O) groups excluding carboxylic acids is 2. The van der Waals surface area contributed by atoms with Crippen molar-refractivity contribution in [3.05, 3.63) is 0 Å². The number of carbonyl (C=O) groups is 2. The van der Waals surface area contributed by atoms with Crippen molar-refractivity contribution in [1.82, 2.24) is 15.1 Å². The van der Waals surface area contributed by atoms with E-state index < -0.39 is 0 Å². The third-order valence-electron chi connectivity index (χ3n) is 4.16. The summed E-state index contributed by atoms with van der Waals surface area (Å²) in [7, 11) is 4.20. The van der Waals surface area contributed by atoms with Crippen LogP contribution in [0.1, 0.15) is 25.7 Å². The first-order chi connectivity index (χ1) is 9.06. The van der Waals surface area contributed by atoms with Crippen LogP contribution in [0.25, 0.3) is 0 Å². The topological polar surface area (TPSA) is 52.7 Å². The zero-order chi connectivity index (χ0) is 13.8. The van der Waals surface area contributed by atoms with Gasteiger partial charge in [-0.2, -0.15) is 0 Å². The molecular weight excluding hydrogens is 242 g/mol. The van der Waals surface area contributed by atoms with Crippen molar-refractivity contribution in [2.24, 2.45) is 11.8 Å². The molecule has 108 valence electrons. The fraction of sp³-hybridized carbons (Fsp3) is 0.857. The van der Waals surface area contributed by atoms with E-state index in [0.29, 0.717) is 25.3 Å². The van der Waals surface area contributed by atoms with Crippen LogP contribution in [0, 0.1) is 11.8 Å². The van der Waals surface area contributed by atoms with Crippen LogP contribution in [0.5, 0.6) is 0 Å². The van der Waals surface area contributed by atoms with Gasteiger partial charge in [-0.3, -0.25) is 9.59 Å². The molecule has 2 heterocycles. The van der Waals surface area contributed by atoms with E-state index in [4.69, 9.17) is 0 Å². The highest BCUT2D eigenvalue weighted by atomic mass is 16.2. The van der Waals surface area contributed by atoms with Gasteiger partial charge in [0.1, 0.15) is 0 Å². The number of hydrogen-bond acceptors (Lipinski definition) is 3. The van der Waals surface area contributed by atoms with Crippen LogP contribution in [-0.4, -0.2) is 61.9 Å². The Kier molecular flexibility index (Phi) is 4.80. The van der Waals surface area contributed by atoms with Crippen molar-refractivity contribution in [3.8, 4) is 0 Å². The minimum atomic E-state index is 0.00287. The third kappa shape index (κ3) is 3.93. The Morgan fingerprint density at radius 2 is 2.00 bits per heavy atom. The van der Waals surface area contributed by atoms with E-state index >= 15 is 0 Å². The smallest absolute Gasteiger partial charge is 0.227 e. The molecule has 0 bridgehead atoms. The summed E-state index contributed by atoms with van der Waals surface area (Å²) in [6.45, 7) is 3.39. The minimum absolute atomic E-state index is 0.00287. The molecule has 0 spiro atoms. The average Bonchev–Trinajstić information content (AvgIpc) is 2.39. The number of likely N-dealkylation sites (tertiary alicyclic amines) is 1. The standard InChI is InChI=1S/C14H25N3O2/c1-16(2)10-11-5-7-17(8-6-11)14(19)12-3-4-13(18)15-9-12/h11-12H,3-10H2,1-2H3,(H,15,18). The van der Waals surface area contributed by atoms with Crippen LogP contribution >= 0.6 is 0 Å². The molecule has 2 aliphatic rings. The molecule has 1 unspecified atom stereocenters. The molecule has 0 aromatic rings. The van der Waals surface area contributed by atoms with E-state index in [9.17, 15) is 9.59 Å². The molecule has 0 radical (unpaired) electrons. The van der Waals surface area contributed by atoms with E-state index in [1.165, 1.54) is 0 Å². The largest absolute Gasteiger partial charge is 0.355 e. The average molecular weight is 267 g/mol. The van der Waals surface area contributed by atoms with Crippen molar-refractivity contribution in [1.29, 1.82) is 0 Å². The lowest BCUT2D eigenvalue weighted by atomic mass is 9.93. The molecular formula is C14H25N3O2. The number of nitrogens with zero attached hydrogens (tertiary/aromatic N) is 2. The fourth-order valence-electron chi connectivity index (χ4n) is 3.05. The summed E-state index contributed by atoms with van der Waals surface area (Å²) in [5.74, 6) is 1.03. The summed E-state index contributed by atoms with van der Waals surface area (Å²) < 4.78 is 0. The summed E-state index contributed by atoms with van der Waals surface area (Å²) in [5, 5.41) is 2.79. The highest BCUT2D eigenvalue weighted by Crippen LogP contribution is 2.21. The maximum absolute atomic E-state index is 12.4. The zero-order valence-electron chi connectivity index (χ0n) is 12.0. The lowest BCUT2D eigenvalue weighted by molar-refractivity contribution is -0.138. The zero-order valence-corrected chi connectivity index (χ0v) is 12.0. The maximum Gasteiger partial charge on any atom is 0.227 e. The molecule has 2 amide bonds. The molecule has 2 rings (SSSR count). The van der Waals surface area contributed by atoms with Gasteiger partial charge in [-0.1, -0.05) is 0 Å². The van der Waals surface area contributed by atoms with Crippen molar-refractivity contribution in [2.45, 2.75) is 25.7 Å². The second-order valence-electron chi connectivity index (χ2n) is 6.07. The highest BCUT2D eigenvalue weighted by molar-refractivity contribution is 5.83. The normalized spacial score (nSPS) is 25.5. The summed E-state index contributed by atoms with van der Waals surface area (Å²) in [4.78, 5) is 27.7. The third-order valence-corrected chi connectivity index (χ3v) is 4.16. The fourth-order valence-corrected chi connectivity index (χ4v) is 3.05. The molecule has 1 atom stereocenters. The van der Waals surface area contributed by atoms with E-state index in [-0.39, 0.29) is 17.7 Å². The molecule has 5 heteroatoms. The van der Waals surface area contributed by atoms with Crippen molar-refractivity contribution in [3.63, 3.8) is 0 Å². The Hall–Kier alpha value is -1.10. The quantitative estimate of drug-likeness (QED) is 0.801. The van der Waals surface area contributed by atoms with Crippen LogP contribution in [-0.2, 0) is 9.59 Å². The second-order valence-corrected chi connectivity index (χ2v) is 6.07. The second kappa shape index (κ2) is 6.37. The SMILES string of the molecule is CN(C)CC1CCN(C(=O)C2CCC(=O)NC2)CC1. The molecule has 1 N–H and O–H groups in total. The van der Waals surface area contributed by atoms with Crippen molar-refractivity contribution in [2.75, 3.05) is 40.3 Å². The highest BCUT2D eigenvalue weighted by Gasteiger charge is 2.30. The van der Waals surface area contributed by atoms with Crippen LogP contribution < -0.4 is 5.32 Å². The van der Waals surface area contributed by atoms with Crippen LogP contribution in [0.15, 0.2) is 0 Å². The molecule has 0 aromatic heterocycles. The number of piperidine rings is 2. The minimum Gasteiger partial charge on any atom is -0.355 e. The Balaban J connectivity index is 1.77. The van der Waals surface area contributed by atoms with Gasteiger partial charge in [0.25, 0.3) is 0 Å². The summed E-state index contributed by atoms with van der Waals surface area (Å²) in [6, 6.07) is 0. The van der Waals surface area contributed by atoms with Crippen LogP contribution in [0.3, 0.4) is 0 Å². The number of amides is 2. The Bertz CT molecular complexity index is 326. The van der Waals surface area contributed by atoms with Crippen molar-refractivity contribution < 1.29 is 9.59 Å². The van der Waals surface area contributed by atoms with E-state index in [1.807, 2.05) is 4.90 Å². The predicted octanol–water partition coefficient (Wildman–Crippen LogP) is 0.313. The van der Waals surface area contributed by atoms with Gasteiger partial charge in [0.15, 0.2) is 0 Å². The van der Waals surface area contributed by atoms with Gasteiger partial charge in [0.2, 0.25) is 11.8 Å². The predicted molar refractivity (Wildman–Crippen MR) is 73.6 cm³/mol. The molecule has 0 aliphatic carbocycles. The monoisotopic (exact) mass is 267 g/mol. The number of nitrogens with one attached hydrogen (secondary N) is 1. The summed E-state index contributed by atoms with van der Waals surface area (Å²) >= 11 is 0. The summed E-state index contributed by atoms with van der Waals surface area (Å²) in [6.07, 6.45) is 3.40. The lowest BCUT2D eigenvalue weighted by Gasteiger charge is -2.36. The van der Waals surface area contributed by atoms with Crippen molar-refractivity contribution >= 4 is 11.8 Å². The van der Waals surface area contributed by atoms with Gasteiger partial charge >= 0.3 is 0 Å². The van der Waals surface area contributed by atoms with Gasteiger partial charge in [-0.15, -0.1) is 0 Å². The Morgan fingerprint density at radius 3 is 2.53 bits per heavy atom. The van der Waals surface area contributed by atoms with Crippen LogP contribution in [0.4, 0.5) is 0 Å². The molecule has 2 fully saturated rings. The Labute approximate surface area is 115 Å². The van der Waals surface area contributed by atoms with E-state index in [2.05, 4.69) is 24.3 Å². The number of rotatable bonds is 3. The van der Waals surface area contributed by atoms with Gasteiger partial charge in [0.05, 0.1) is 5.92 Å². The van der Waals surface area contributed by atoms with E-state index in [0.717, 1.165) is 32.5 Å². The van der Waals surface area contributed by atoms with E-state index in [1.54, 1.807) is 0 Å². The van der Waals surface area contributed by atoms with Crippen LogP contribution in [0.2, 0.25) is 0 Å². The molecule has 19 heavy (non-hydrogen) atoms. The first-order valence-electron chi connectivity index (χ1n) is 7.26. The molecule has 0 saturated carbocycles. The number of hydrogen-bond donors (Lipinski definition) is 1. The van der Waals surface area contributed by atoms with Gasteiger partial charge in [-0.25, -0.2) is 0 Å². The molecule has 2 aliphatic heterocycles. The molecule has 5 nitrogen and oxygen atoms in total. The molecule has 0 aromatic carbocycles. The lowest BCUT2D eigenvalue weighted by Crippen LogP contribution is -2.47. The maximum atomic E-state index is 12.4. The molecule has 2 saturated heterocycles. The van der Waals surface area contributed by atoms with Gasteiger partial charge < -0.3 is 15.1 Å². The first-order valence-corrected chi connectivity index (χ1v) is 7.26. The first kappa shape index (κ1) is 14.3. The Morgan fingerprint density at radius 1 is 1.32 bits per heavy atom. The summed E-state index contributed by atoms with van der Waals surface area (Å²) in [5.41, 5.74) is 0. The van der Waals surface area contributed by atoms with Gasteiger partial charge in [0, 0.05) is 32.6 Å².